The van der Waals surface area contributed by atoms with Crippen molar-refractivity contribution < 1.29 is 0 Å². The van der Waals surface area contributed by atoms with Crippen LogP contribution in [0, 0.1) is 6.92 Å². The second-order valence-corrected chi connectivity index (χ2v) is 6.27. The Bertz CT molecular complexity index is 529. The van der Waals surface area contributed by atoms with Crippen LogP contribution in [0.1, 0.15) is 55.4 Å². The van der Waals surface area contributed by atoms with Gasteiger partial charge in [0.25, 0.3) is 0 Å². The molecule has 3 nitrogen and oxygen atoms in total. The summed E-state index contributed by atoms with van der Waals surface area (Å²) in [6.07, 6.45) is 4.17. The third kappa shape index (κ3) is 3.49. The molecule has 2 aromatic rings. The Morgan fingerprint density at radius 1 is 1.35 bits per heavy atom. The number of likely N-dealkylation sites (N-methyl/N-ethyl adjacent to an activating group) is 1. The monoisotopic (exact) mass is 291 g/mol. The summed E-state index contributed by atoms with van der Waals surface area (Å²) in [5.74, 6) is 0. The highest BCUT2D eigenvalue weighted by Gasteiger charge is 2.16. The van der Waals surface area contributed by atoms with Gasteiger partial charge in [-0.3, -0.25) is 4.68 Å². The Morgan fingerprint density at radius 3 is 2.75 bits per heavy atom. The first-order chi connectivity index (χ1) is 9.65. The lowest BCUT2D eigenvalue weighted by Crippen LogP contribution is -2.23. The molecule has 0 radical (unpaired) electrons. The van der Waals surface area contributed by atoms with Crippen molar-refractivity contribution in [1.82, 2.24) is 15.1 Å². The first kappa shape index (κ1) is 15.3. The minimum absolute atomic E-state index is 0.375. The standard InChI is InChI=1S/C16H25N3S/c1-5-13(4)19-9-7-14(18-19)11-15(17-6-2)16-12(3)8-10-20-16/h7-10,13,15,17H,5-6,11H2,1-4H3. The maximum Gasteiger partial charge on any atom is 0.0644 e. The van der Waals surface area contributed by atoms with Crippen LogP contribution in [0.5, 0.6) is 0 Å². The molecular formula is C16H25N3S. The van der Waals surface area contributed by atoms with E-state index < -0.39 is 0 Å². The van der Waals surface area contributed by atoms with E-state index in [0.717, 1.165) is 19.4 Å². The van der Waals surface area contributed by atoms with Crippen LogP contribution < -0.4 is 5.32 Å². The van der Waals surface area contributed by atoms with Crippen LogP contribution in [-0.4, -0.2) is 16.3 Å². The normalized spacial score (nSPS) is 14.4. The summed E-state index contributed by atoms with van der Waals surface area (Å²) < 4.78 is 2.08. The van der Waals surface area contributed by atoms with Gasteiger partial charge in [0.15, 0.2) is 0 Å². The van der Waals surface area contributed by atoms with Crippen LogP contribution in [0.4, 0.5) is 0 Å². The van der Waals surface area contributed by atoms with Gasteiger partial charge < -0.3 is 5.32 Å². The predicted molar refractivity (Wildman–Crippen MR) is 86.4 cm³/mol. The number of hydrogen-bond acceptors (Lipinski definition) is 3. The average molecular weight is 291 g/mol. The summed E-state index contributed by atoms with van der Waals surface area (Å²) in [5.41, 5.74) is 2.55. The molecule has 0 saturated carbocycles. The van der Waals surface area contributed by atoms with Crippen molar-refractivity contribution in [2.75, 3.05) is 6.54 Å². The van der Waals surface area contributed by atoms with Gasteiger partial charge in [-0.05, 0) is 49.9 Å². The van der Waals surface area contributed by atoms with E-state index in [0.29, 0.717) is 12.1 Å². The lowest BCUT2D eigenvalue weighted by molar-refractivity contribution is 0.467. The van der Waals surface area contributed by atoms with Crippen LogP contribution in [0.15, 0.2) is 23.7 Å². The molecule has 4 heteroatoms. The third-order valence-corrected chi connectivity index (χ3v) is 4.92. The summed E-state index contributed by atoms with van der Waals surface area (Å²) in [7, 11) is 0. The molecular weight excluding hydrogens is 266 g/mol. The largest absolute Gasteiger partial charge is 0.309 e. The van der Waals surface area contributed by atoms with E-state index in [1.165, 1.54) is 16.1 Å². The van der Waals surface area contributed by atoms with Gasteiger partial charge in [0.05, 0.1) is 5.69 Å². The van der Waals surface area contributed by atoms with Crippen LogP contribution in [0.25, 0.3) is 0 Å². The van der Waals surface area contributed by atoms with E-state index in [1.54, 1.807) is 0 Å². The maximum absolute atomic E-state index is 4.72. The van der Waals surface area contributed by atoms with Gasteiger partial charge in [0.2, 0.25) is 0 Å². The Balaban J connectivity index is 2.12. The number of thiophene rings is 1. The van der Waals surface area contributed by atoms with Gasteiger partial charge in [-0.1, -0.05) is 13.8 Å². The highest BCUT2D eigenvalue weighted by molar-refractivity contribution is 7.10. The molecule has 20 heavy (non-hydrogen) atoms. The lowest BCUT2D eigenvalue weighted by Gasteiger charge is -2.16. The second-order valence-electron chi connectivity index (χ2n) is 5.33. The first-order valence-electron chi connectivity index (χ1n) is 7.47. The van der Waals surface area contributed by atoms with E-state index in [2.05, 4.69) is 61.4 Å². The molecule has 0 fully saturated rings. The number of aromatic nitrogens is 2. The zero-order valence-electron chi connectivity index (χ0n) is 12.9. The quantitative estimate of drug-likeness (QED) is 0.831. The van der Waals surface area contributed by atoms with Crippen molar-refractivity contribution in [1.29, 1.82) is 0 Å². The van der Waals surface area contributed by atoms with Gasteiger partial charge in [0.1, 0.15) is 0 Å². The summed E-state index contributed by atoms with van der Waals surface area (Å²) in [4.78, 5) is 1.44. The number of nitrogens with zero attached hydrogens (tertiary/aromatic N) is 2. The average Bonchev–Trinajstić information content (AvgIpc) is 3.06. The minimum atomic E-state index is 0.375. The SMILES string of the molecule is CCNC(Cc1ccn(C(C)CC)n1)c1sccc1C. The van der Waals surface area contributed by atoms with Crippen molar-refractivity contribution in [3.05, 3.63) is 39.8 Å². The predicted octanol–water partition coefficient (Wildman–Crippen LogP) is 4.12. The molecule has 110 valence electrons. The molecule has 2 unspecified atom stereocenters. The summed E-state index contributed by atoms with van der Waals surface area (Å²) in [6.45, 7) is 9.74. The molecule has 2 heterocycles. The molecule has 1 N–H and O–H groups in total. The van der Waals surface area contributed by atoms with Crippen LogP contribution in [0.2, 0.25) is 0 Å². The third-order valence-electron chi connectivity index (χ3n) is 3.79. The van der Waals surface area contributed by atoms with Gasteiger partial charge in [-0.25, -0.2) is 0 Å². The summed E-state index contributed by atoms with van der Waals surface area (Å²) in [5, 5.41) is 10.5. The molecule has 0 amide bonds. The zero-order valence-corrected chi connectivity index (χ0v) is 13.7. The number of aryl methyl sites for hydroxylation is 1. The fraction of sp³-hybridized carbons (Fsp3) is 0.562. The van der Waals surface area contributed by atoms with E-state index in [1.807, 2.05) is 11.3 Å². The molecule has 0 aromatic carbocycles. The number of nitrogens with one attached hydrogen (secondary N) is 1. The summed E-state index contributed by atoms with van der Waals surface area (Å²) >= 11 is 1.84. The maximum atomic E-state index is 4.72. The van der Waals surface area contributed by atoms with Crippen molar-refractivity contribution >= 4 is 11.3 Å². The molecule has 2 aromatic heterocycles. The number of rotatable bonds is 7. The zero-order chi connectivity index (χ0) is 14.5. The van der Waals surface area contributed by atoms with Crippen molar-refractivity contribution in [3.8, 4) is 0 Å². The Kier molecular flexibility index (Phi) is 5.38. The van der Waals surface area contributed by atoms with Crippen LogP contribution in [0.3, 0.4) is 0 Å². The molecule has 2 rings (SSSR count). The minimum Gasteiger partial charge on any atom is -0.309 e. The van der Waals surface area contributed by atoms with E-state index in [9.17, 15) is 0 Å². The molecule has 0 aliphatic rings. The van der Waals surface area contributed by atoms with Crippen LogP contribution >= 0.6 is 11.3 Å². The lowest BCUT2D eigenvalue weighted by atomic mass is 10.1. The van der Waals surface area contributed by atoms with Gasteiger partial charge in [0, 0.05) is 29.6 Å². The van der Waals surface area contributed by atoms with Gasteiger partial charge in [-0.15, -0.1) is 11.3 Å². The van der Waals surface area contributed by atoms with Crippen LogP contribution in [-0.2, 0) is 6.42 Å². The highest BCUT2D eigenvalue weighted by atomic mass is 32.1. The molecule has 0 saturated heterocycles. The topological polar surface area (TPSA) is 29.9 Å². The Morgan fingerprint density at radius 2 is 2.15 bits per heavy atom. The van der Waals surface area contributed by atoms with Crippen molar-refractivity contribution in [3.63, 3.8) is 0 Å². The fourth-order valence-electron chi connectivity index (χ4n) is 2.37. The van der Waals surface area contributed by atoms with Crippen molar-refractivity contribution in [2.45, 2.75) is 52.6 Å². The highest BCUT2D eigenvalue weighted by Crippen LogP contribution is 2.26. The smallest absolute Gasteiger partial charge is 0.0644 e. The summed E-state index contributed by atoms with van der Waals surface area (Å²) in [6, 6.07) is 5.20. The molecule has 2 atom stereocenters. The fourth-order valence-corrected chi connectivity index (χ4v) is 3.38. The van der Waals surface area contributed by atoms with E-state index in [-0.39, 0.29) is 0 Å². The van der Waals surface area contributed by atoms with Gasteiger partial charge >= 0.3 is 0 Å². The second kappa shape index (κ2) is 7.04. The Hall–Kier alpha value is -1.13. The molecule has 0 bridgehead atoms. The molecule has 0 spiro atoms. The number of hydrogen-bond donors (Lipinski definition) is 1. The first-order valence-corrected chi connectivity index (χ1v) is 8.35. The van der Waals surface area contributed by atoms with Gasteiger partial charge in [-0.2, -0.15) is 5.10 Å². The Labute approximate surface area is 126 Å². The van der Waals surface area contributed by atoms with E-state index >= 15 is 0 Å². The van der Waals surface area contributed by atoms with E-state index in [4.69, 9.17) is 5.10 Å². The van der Waals surface area contributed by atoms with Crippen molar-refractivity contribution in [2.24, 2.45) is 0 Å². The molecule has 0 aliphatic carbocycles. The molecule has 0 aliphatic heterocycles.